The van der Waals surface area contributed by atoms with Gasteiger partial charge in [0.1, 0.15) is 10.6 Å². The summed E-state index contributed by atoms with van der Waals surface area (Å²) in [6, 6.07) is 2.19. The van der Waals surface area contributed by atoms with Crippen LogP contribution in [0.1, 0.15) is 52.1 Å². The Bertz CT molecular complexity index is 989. The minimum absolute atomic E-state index is 0.135. The second kappa shape index (κ2) is 8.42. The second-order valence-electron chi connectivity index (χ2n) is 10.1. The van der Waals surface area contributed by atoms with Crippen LogP contribution >= 0.6 is 11.6 Å². The molecule has 2 N–H and O–H groups in total. The highest BCUT2D eigenvalue weighted by atomic mass is 35.5. The standard InChI is InChI=1S/C22H32ClN7O2/c1-14-10-17(28-27-14)25-18-16(23)12-24-19(26-18)29(5)15-6-7-22(11-15)8-9-30(13-22)20(31)32-21(2,3)4/h10,12,15H,6-9,11,13H2,1-5H3,(H2,24,25,26,27,28). The summed E-state index contributed by atoms with van der Waals surface area (Å²) in [4.78, 5) is 25.6. The number of H-pyrrole nitrogens is 1. The number of aryl methyl sites for hydroxylation is 1. The lowest BCUT2D eigenvalue weighted by atomic mass is 9.85. The van der Waals surface area contributed by atoms with E-state index in [9.17, 15) is 4.79 Å². The fraction of sp³-hybridized carbons (Fsp3) is 0.636. The van der Waals surface area contributed by atoms with E-state index in [1.54, 1.807) is 6.20 Å². The fourth-order valence-corrected chi connectivity index (χ4v) is 4.82. The van der Waals surface area contributed by atoms with Gasteiger partial charge in [-0.25, -0.2) is 9.78 Å². The molecular formula is C22H32ClN7O2. The number of carbonyl (C=O) groups excluding carboxylic acids is 1. The van der Waals surface area contributed by atoms with Crippen molar-refractivity contribution in [2.24, 2.45) is 5.41 Å². The van der Waals surface area contributed by atoms with Crippen molar-refractivity contribution in [2.75, 3.05) is 30.4 Å². The molecule has 10 heteroatoms. The lowest BCUT2D eigenvalue weighted by Gasteiger charge is -2.29. The van der Waals surface area contributed by atoms with Gasteiger partial charge in [0.25, 0.3) is 0 Å². The summed E-state index contributed by atoms with van der Waals surface area (Å²) < 4.78 is 5.57. The van der Waals surface area contributed by atoms with Gasteiger partial charge >= 0.3 is 6.09 Å². The van der Waals surface area contributed by atoms with Crippen molar-refractivity contribution < 1.29 is 9.53 Å². The first-order chi connectivity index (χ1) is 15.0. The van der Waals surface area contributed by atoms with Crippen LogP contribution in [0.25, 0.3) is 0 Å². The molecule has 1 saturated heterocycles. The first-order valence-electron chi connectivity index (χ1n) is 11.1. The molecule has 2 atom stereocenters. The molecule has 1 amide bonds. The molecule has 3 heterocycles. The minimum Gasteiger partial charge on any atom is -0.444 e. The molecule has 0 radical (unpaired) electrons. The van der Waals surface area contributed by atoms with Gasteiger partial charge in [-0.2, -0.15) is 10.1 Å². The zero-order valence-electron chi connectivity index (χ0n) is 19.4. The predicted octanol–water partition coefficient (Wildman–Crippen LogP) is 4.52. The maximum Gasteiger partial charge on any atom is 0.410 e. The number of halogens is 1. The van der Waals surface area contributed by atoms with Crippen molar-refractivity contribution in [1.82, 2.24) is 25.1 Å². The highest BCUT2D eigenvalue weighted by Crippen LogP contribution is 2.47. The maximum atomic E-state index is 12.5. The van der Waals surface area contributed by atoms with Gasteiger partial charge in [0, 0.05) is 37.9 Å². The molecule has 2 aromatic rings. The molecule has 1 aliphatic carbocycles. The number of aromatic amines is 1. The van der Waals surface area contributed by atoms with Crippen LogP contribution in [0, 0.1) is 12.3 Å². The van der Waals surface area contributed by atoms with Crippen LogP contribution < -0.4 is 10.2 Å². The fourth-order valence-electron chi connectivity index (χ4n) is 4.68. The highest BCUT2D eigenvalue weighted by Gasteiger charge is 2.47. The SMILES string of the molecule is Cc1cc(Nc2nc(N(C)C3CCC4(CCN(C(=O)OC(C)(C)C)C4)C3)ncc2Cl)n[nH]1. The van der Waals surface area contributed by atoms with Crippen LogP contribution in [0.15, 0.2) is 12.3 Å². The number of rotatable bonds is 4. The summed E-state index contributed by atoms with van der Waals surface area (Å²) >= 11 is 6.31. The molecule has 1 aliphatic heterocycles. The maximum absolute atomic E-state index is 12.5. The number of nitrogens with one attached hydrogen (secondary N) is 2. The Morgan fingerprint density at radius 3 is 2.88 bits per heavy atom. The van der Waals surface area contributed by atoms with Gasteiger partial charge in [0.15, 0.2) is 11.6 Å². The monoisotopic (exact) mass is 461 g/mol. The number of likely N-dealkylation sites (tertiary alicyclic amines) is 1. The van der Waals surface area contributed by atoms with Crippen molar-refractivity contribution >= 4 is 35.3 Å². The summed E-state index contributed by atoms with van der Waals surface area (Å²) in [5.74, 6) is 1.80. The van der Waals surface area contributed by atoms with E-state index >= 15 is 0 Å². The van der Waals surface area contributed by atoms with E-state index in [1.165, 1.54) is 0 Å². The van der Waals surface area contributed by atoms with Crippen molar-refractivity contribution in [2.45, 2.75) is 65.0 Å². The summed E-state index contributed by atoms with van der Waals surface area (Å²) in [5, 5.41) is 10.7. The summed E-state index contributed by atoms with van der Waals surface area (Å²) in [5.41, 5.74) is 0.608. The van der Waals surface area contributed by atoms with Gasteiger partial charge in [0.05, 0.1) is 6.20 Å². The Labute approximate surface area is 193 Å². The molecular weight excluding hydrogens is 430 g/mol. The molecule has 2 unspecified atom stereocenters. The zero-order chi connectivity index (χ0) is 23.1. The Morgan fingerprint density at radius 2 is 2.19 bits per heavy atom. The predicted molar refractivity (Wildman–Crippen MR) is 125 cm³/mol. The Balaban J connectivity index is 1.41. The van der Waals surface area contributed by atoms with Gasteiger partial charge in [-0.05, 0) is 58.8 Å². The summed E-state index contributed by atoms with van der Waals surface area (Å²) in [6.07, 6.45) is 5.52. The van der Waals surface area contributed by atoms with Crippen LogP contribution in [-0.2, 0) is 4.74 Å². The molecule has 0 aromatic carbocycles. The van der Waals surface area contributed by atoms with E-state index in [2.05, 4.69) is 30.4 Å². The number of anilines is 3. The van der Waals surface area contributed by atoms with Gasteiger partial charge in [-0.15, -0.1) is 0 Å². The molecule has 32 heavy (non-hydrogen) atoms. The number of aromatic nitrogens is 4. The number of nitrogens with zero attached hydrogens (tertiary/aromatic N) is 5. The van der Waals surface area contributed by atoms with Crippen molar-refractivity contribution in [3.05, 3.63) is 23.0 Å². The number of carbonyl (C=O) groups is 1. The van der Waals surface area contributed by atoms with Crippen LogP contribution in [0.4, 0.5) is 22.4 Å². The lowest BCUT2D eigenvalue weighted by molar-refractivity contribution is 0.0273. The molecule has 2 fully saturated rings. The van der Waals surface area contributed by atoms with Crippen LogP contribution in [0.3, 0.4) is 0 Å². The van der Waals surface area contributed by atoms with Crippen LogP contribution in [0.2, 0.25) is 5.02 Å². The quantitative estimate of drug-likeness (QED) is 0.690. The van der Waals surface area contributed by atoms with Gasteiger partial charge in [-0.1, -0.05) is 11.6 Å². The second-order valence-corrected chi connectivity index (χ2v) is 10.5. The normalized spacial score (nSPS) is 23.1. The van der Waals surface area contributed by atoms with Gasteiger partial charge < -0.3 is 19.9 Å². The molecule has 1 spiro atoms. The Kier molecular flexibility index (Phi) is 5.96. The number of hydrogen-bond acceptors (Lipinski definition) is 7. The third-order valence-corrected chi connectivity index (χ3v) is 6.59. The molecule has 174 valence electrons. The average molecular weight is 462 g/mol. The third-order valence-electron chi connectivity index (χ3n) is 6.31. The highest BCUT2D eigenvalue weighted by molar-refractivity contribution is 6.32. The average Bonchev–Trinajstić information content (AvgIpc) is 3.43. The van der Waals surface area contributed by atoms with Crippen LogP contribution in [0.5, 0.6) is 0 Å². The smallest absolute Gasteiger partial charge is 0.410 e. The van der Waals surface area contributed by atoms with Crippen molar-refractivity contribution in [1.29, 1.82) is 0 Å². The summed E-state index contributed by atoms with van der Waals surface area (Å²) in [6.45, 7) is 9.14. The van der Waals surface area contributed by atoms with Gasteiger partial charge in [0.2, 0.25) is 5.95 Å². The zero-order valence-corrected chi connectivity index (χ0v) is 20.2. The van der Waals surface area contributed by atoms with E-state index in [4.69, 9.17) is 16.3 Å². The molecule has 0 bridgehead atoms. The van der Waals surface area contributed by atoms with Crippen molar-refractivity contribution in [3.63, 3.8) is 0 Å². The number of ether oxygens (including phenoxy) is 1. The Hall–Kier alpha value is -2.55. The van der Waals surface area contributed by atoms with Crippen molar-refractivity contribution in [3.8, 4) is 0 Å². The molecule has 2 aromatic heterocycles. The van der Waals surface area contributed by atoms with Gasteiger partial charge in [-0.3, -0.25) is 5.10 Å². The summed E-state index contributed by atoms with van der Waals surface area (Å²) in [7, 11) is 2.02. The molecule has 1 saturated carbocycles. The van der Waals surface area contributed by atoms with Crippen LogP contribution in [-0.4, -0.2) is 62.9 Å². The van der Waals surface area contributed by atoms with E-state index in [0.717, 1.165) is 44.5 Å². The first kappa shape index (κ1) is 22.6. The molecule has 4 rings (SSSR count). The molecule has 2 aliphatic rings. The number of amides is 1. The topological polar surface area (TPSA) is 99.3 Å². The van der Waals surface area contributed by atoms with E-state index in [0.29, 0.717) is 28.6 Å². The van der Waals surface area contributed by atoms with E-state index in [-0.39, 0.29) is 11.5 Å². The Morgan fingerprint density at radius 1 is 1.41 bits per heavy atom. The minimum atomic E-state index is -0.475. The number of hydrogen-bond donors (Lipinski definition) is 2. The third kappa shape index (κ3) is 4.92. The largest absolute Gasteiger partial charge is 0.444 e. The lowest BCUT2D eigenvalue weighted by Crippen LogP contribution is -2.37. The first-order valence-corrected chi connectivity index (χ1v) is 11.4. The van der Waals surface area contributed by atoms with E-state index < -0.39 is 5.60 Å². The van der Waals surface area contributed by atoms with E-state index in [1.807, 2.05) is 45.7 Å². The molecule has 9 nitrogen and oxygen atoms in total.